The van der Waals surface area contributed by atoms with E-state index in [9.17, 15) is 14.4 Å². The SMILES string of the molecule is COC(=O)C1=C(C)NC2=C(C(=O)[C@H](C(=O)OC)[C@H](c3ccc(OC)cc3)C2)[C@@H]1c1ccccc1F. The molecule has 7 nitrogen and oxygen atoms in total. The summed E-state index contributed by atoms with van der Waals surface area (Å²) in [5.41, 5.74) is 2.19. The minimum Gasteiger partial charge on any atom is -0.497 e. The summed E-state index contributed by atoms with van der Waals surface area (Å²) in [6.45, 7) is 1.68. The second kappa shape index (κ2) is 9.74. The molecule has 4 rings (SSSR count). The van der Waals surface area contributed by atoms with Gasteiger partial charge in [0, 0.05) is 28.4 Å². The topological polar surface area (TPSA) is 90.9 Å². The Morgan fingerprint density at radius 2 is 1.69 bits per heavy atom. The molecule has 0 bridgehead atoms. The van der Waals surface area contributed by atoms with E-state index in [1.807, 2.05) is 0 Å². The van der Waals surface area contributed by atoms with Crippen LogP contribution in [0.3, 0.4) is 0 Å². The molecule has 1 heterocycles. The summed E-state index contributed by atoms with van der Waals surface area (Å²) in [6, 6.07) is 13.1. The summed E-state index contributed by atoms with van der Waals surface area (Å²) in [4.78, 5) is 39.7. The van der Waals surface area contributed by atoms with E-state index < -0.39 is 41.3 Å². The summed E-state index contributed by atoms with van der Waals surface area (Å²) in [7, 11) is 4.00. The predicted octanol–water partition coefficient (Wildman–Crippen LogP) is 3.77. The van der Waals surface area contributed by atoms with Crippen LogP contribution in [0, 0.1) is 11.7 Å². The fourth-order valence-corrected chi connectivity index (χ4v) is 5.00. The quantitative estimate of drug-likeness (QED) is 0.516. The molecule has 0 unspecified atom stereocenters. The highest BCUT2D eigenvalue weighted by Crippen LogP contribution is 2.48. The van der Waals surface area contributed by atoms with E-state index in [0.717, 1.165) is 5.56 Å². The number of allylic oxidation sites excluding steroid dienone is 3. The van der Waals surface area contributed by atoms with Gasteiger partial charge in [0.15, 0.2) is 5.78 Å². The van der Waals surface area contributed by atoms with E-state index in [4.69, 9.17) is 14.2 Å². The number of hydrogen-bond acceptors (Lipinski definition) is 7. The van der Waals surface area contributed by atoms with Gasteiger partial charge in [0.25, 0.3) is 0 Å². The van der Waals surface area contributed by atoms with E-state index in [-0.39, 0.29) is 23.1 Å². The van der Waals surface area contributed by atoms with Crippen molar-refractivity contribution in [2.75, 3.05) is 21.3 Å². The number of ether oxygens (including phenoxy) is 3. The van der Waals surface area contributed by atoms with Gasteiger partial charge in [-0.15, -0.1) is 0 Å². The number of esters is 2. The molecule has 2 aromatic carbocycles. The molecule has 1 N–H and O–H groups in total. The maximum Gasteiger partial charge on any atom is 0.336 e. The van der Waals surface area contributed by atoms with Gasteiger partial charge in [0.1, 0.15) is 17.5 Å². The zero-order valence-electron chi connectivity index (χ0n) is 19.9. The highest BCUT2D eigenvalue weighted by molar-refractivity contribution is 6.13. The Kier molecular flexibility index (Phi) is 6.73. The molecule has 2 aliphatic rings. The molecule has 3 atom stereocenters. The van der Waals surface area contributed by atoms with E-state index in [1.54, 1.807) is 44.4 Å². The van der Waals surface area contributed by atoms with Crippen molar-refractivity contribution in [3.63, 3.8) is 0 Å². The van der Waals surface area contributed by atoms with Crippen LogP contribution in [0.2, 0.25) is 0 Å². The van der Waals surface area contributed by atoms with Gasteiger partial charge in [-0.3, -0.25) is 9.59 Å². The normalized spacial score (nSPS) is 21.7. The molecule has 0 spiro atoms. The number of nitrogens with one attached hydrogen (secondary N) is 1. The first-order valence-corrected chi connectivity index (χ1v) is 11.1. The fraction of sp³-hybridized carbons (Fsp3) is 0.296. The fourth-order valence-electron chi connectivity index (χ4n) is 5.00. The first-order chi connectivity index (χ1) is 16.8. The number of carbonyl (C=O) groups excluding carboxylic acids is 3. The van der Waals surface area contributed by atoms with Crippen molar-refractivity contribution in [3.8, 4) is 5.75 Å². The van der Waals surface area contributed by atoms with Crippen LogP contribution in [0.25, 0.3) is 0 Å². The van der Waals surface area contributed by atoms with Gasteiger partial charge in [-0.2, -0.15) is 0 Å². The Morgan fingerprint density at radius 3 is 2.29 bits per heavy atom. The highest BCUT2D eigenvalue weighted by atomic mass is 19.1. The lowest BCUT2D eigenvalue weighted by molar-refractivity contribution is -0.150. The molecule has 8 heteroatoms. The smallest absolute Gasteiger partial charge is 0.336 e. The molecular weight excluding hydrogens is 453 g/mol. The van der Waals surface area contributed by atoms with Crippen molar-refractivity contribution < 1.29 is 33.0 Å². The second-order valence-electron chi connectivity index (χ2n) is 8.45. The van der Waals surface area contributed by atoms with Crippen LogP contribution in [0.1, 0.15) is 36.3 Å². The maximum absolute atomic E-state index is 15.0. The number of halogens is 1. The molecule has 1 aliphatic carbocycles. The minimum atomic E-state index is -1.17. The van der Waals surface area contributed by atoms with Gasteiger partial charge in [0.05, 0.1) is 32.8 Å². The molecule has 35 heavy (non-hydrogen) atoms. The average molecular weight is 480 g/mol. The Balaban J connectivity index is 1.90. The lowest BCUT2D eigenvalue weighted by Crippen LogP contribution is -2.43. The number of benzene rings is 2. The zero-order chi connectivity index (χ0) is 25.3. The Labute approximate surface area is 202 Å². The summed E-state index contributed by atoms with van der Waals surface area (Å²) in [5, 5.41) is 3.17. The van der Waals surface area contributed by atoms with Crippen LogP contribution in [0.15, 0.2) is 71.1 Å². The third-order valence-electron chi connectivity index (χ3n) is 6.64. The summed E-state index contributed by atoms with van der Waals surface area (Å²) in [5.74, 6) is -4.55. The minimum absolute atomic E-state index is 0.121. The van der Waals surface area contributed by atoms with Crippen molar-refractivity contribution in [2.24, 2.45) is 5.92 Å². The number of Topliss-reactive ketones (excluding diaryl/α,β-unsaturated/α-hetero) is 1. The third kappa shape index (κ3) is 4.20. The number of carbonyl (C=O) groups is 3. The average Bonchev–Trinajstić information content (AvgIpc) is 2.87. The molecule has 2 aromatic rings. The Morgan fingerprint density at radius 1 is 1.00 bits per heavy atom. The van der Waals surface area contributed by atoms with Crippen molar-refractivity contribution >= 4 is 17.7 Å². The van der Waals surface area contributed by atoms with Gasteiger partial charge in [0.2, 0.25) is 0 Å². The molecule has 0 saturated carbocycles. The summed E-state index contributed by atoms with van der Waals surface area (Å²) >= 11 is 0. The largest absolute Gasteiger partial charge is 0.497 e. The Hall–Kier alpha value is -3.94. The molecule has 0 aromatic heterocycles. The molecular formula is C27H26FNO6. The lowest BCUT2D eigenvalue weighted by atomic mass is 9.67. The molecule has 0 amide bonds. The first kappa shape index (κ1) is 24.2. The van der Waals surface area contributed by atoms with Gasteiger partial charge >= 0.3 is 11.9 Å². The highest BCUT2D eigenvalue weighted by Gasteiger charge is 2.49. The van der Waals surface area contributed by atoms with Crippen LogP contribution in [0.5, 0.6) is 5.75 Å². The van der Waals surface area contributed by atoms with Crippen LogP contribution < -0.4 is 10.1 Å². The van der Waals surface area contributed by atoms with E-state index >= 15 is 4.39 Å². The lowest BCUT2D eigenvalue weighted by Gasteiger charge is -2.39. The second-order valence-corrected chi connectivity index (χ2v) is 8.45. The molecule has 182 valence electrons. The van der Waals surface area contributed by atoms with Gasteiger partial charge in [-0.1, -0.05) is 30.3 Å². The molecule has 0 saturated heterocycles. The van der Waals surface area contributed by atoms with Crippen LogP contribution in [-0.2, 0) is 23.9 Å². The van der Waals surface area contributed by atoms with Gasteiger partial charge in [-0.05, 0) is 37.1 Å². The van der Waals surface area contributed by atoms with Crippen molar-refractivity contribution in [1.29, 1.82) is 0 Å². The van der Waals surface area contributed by atoms with E-state index in [0.29, 0.717) is 17.1 Å². The van der Waals surface area contributed by atoms with Crippen LogP contribution >= 0.6 is 0 Å². The number of dihydropyridines is 1. The van der Waals surface area contributed by atoms with Crippen molar-refractivity contribution in [1.82, 2.24) is 5.32 Å². The van der Waals surface area contributed by atoms with Gasteiger partial charge in [-0.25, -0.2) is 9.18 Å². The van der Waals surface area contributed by atoms with Crippen molar-refractivity contribution in [2.45, 2.75) is 25.2 Å². The van der Waals surface area contributed by atoms with Gasteiger partial charge < -0.3 is 19.5 Å². The van der Waals surface area contributed by atoms with Crippen molar-refractivity contribution in [3.05, 3.63) is 88.0 Å². The summed E-state index contributed by atoms with van der Waals surface area (Å²) < 4.78 is 30.2. The Bertz CT molecular complexity index is 1250. The van der Waals surface area contributed by atoms with Crippen LogP contribution in [0.4, 0.5) is 4.39 Å². The number of rotatable bonds is 5. The molecule has 0 fully saturated rings. The van der Waals surface area contributed by atoms with Crippen LogP contribution in [-0.4, -0.2) is 39.1 Å². The first-order valence-electron chi connectivity index (χ1n) is 11.1. The zero-order valence-corrected chi connectivity index (χ0v) is 19.9. The van der Waals surface area contributed by atoms with E-state index in [1.165, 1.54) is 32.4 Å². The molecule has 0 radical (unpaired) electrons. The number of methoxy groups -OCH3 is 3. The number of hydrogen-bond donors (Lipinski definition) is 1. The number of ketones is 1. The third-order valence-corrected chi connectivity index (χ3v) is 6.64. The van der Waals surface area contributed by atoms with E-state index in [2.05, 4.69) is 5.32 Å². The monoisotopic (exact) mass is 479 g/mol. The summed E-state index contributed by atoms with van der Waals surface area (Å²) in [6.07, 6.45) is 0.282. The standard InChI is InChI=1S/C27H26FNO6/c1-14-21(26(31)34-3)22(17-7-5-6-8-19(17)28)24-20(29-14)13-18(23(25(24)30)27(32)35-4)15-9-11-16(33-2)12-10-15/h5-12,18,22-23,29H,13H2,1-4H3/t18-,22+,23+/m0/s1. The maximum atomic E-state index is 15.0. The molecule has 1 aliphatic heterocycles. The predicted molar refractivity (Wildman–Crippen MR) is 125 cm³/mol.